The topological polar surface area (TPSA) is 39.9 Å². The van der Waals surface area contributed by atoms with Crippen molar-refractivity contribution in [1.82, 2.24) is 14.5 Å². The second kappa shape index (κ2) is 24.1. The van der Waals surface area contributed by atoms with Crippen LogP contribution in [0.25, 0.3) is 11.4 Å². The molecule has 3 rings (SSSR count). The second-order valence-corrected chi connectivity index (χ2v) is 10.1. The Balaban J connectivity index is 0.00000230. The van der Waals surface area contributed by atoms with Crippen LogP contribution in [0.2, 0.25) is 0 Å². The fraction of sp³-hybridized carbons (Fsp3) is 0.421. The predicted octanol–water partition coefficient (Wildman–Crippen LogP) is 12.8. The second-order valence-electron chi connectivity index (χ2n) is 10.1. The van der Waals surface area contributed by atoms with E-state index in [-0.39, 0.29) is 30.3 Å². The smallest absolute Gasteiger partial charge is 0.416 e. The highest BCUT2D eigenvalue weighted by Crippen LogP contribution is 2.38. The first kappa shape index (κ1) is 44.9. The Morgan fingerprint density at radius 2 is 1.59 bits per heavy atom. The van der Waals surface area contributed by atoms with Gasteiger partial charge < -0.3 is 9.30 Å². The van der Waals surface area contributed by atoms with Crippen molar-refractivity contribution >= 4 is 0 Å². The first-order valence-electron chi connectivity index (χ1n) is 16.4. The van der Waals surface area contributed by atoms with E-state index < -0.39 is 36.2 Å². The predicted molar refractivity (Wildman–Crippen MR) is 187 cm³/mol. The molecule has 2 atom stereocenters. The van der Waals surface area contributed by atoms with Crippen LogP contribution >= 0.6 is 0 Å². The quantitative estimate of drug-likeness (QED) is 0.0772. The minimum absolute atomic E-state index is 0.0165. The molecule has 0 saturated carbocycles. The molecule has 49 heavy (non-hydrogen) atoms. The molecular weight excluding hydrogens is 647 g/mol. The van der Waals surface area contributed by atoms with Gasteiger partial charge in [0, 0.05) is 31.3 Å². The lowest BCUT2D eigenvalue weighted by Crippen LogP contribution is -2.11. The van der Waals surface area contributed by atoms with Gasteiger partial charge in [0.05, 0.1) is 17.9 Å². The van der Waals surface area contributed by atoms with Gasteiger partial charge in [-0.15, -0.1) is 0 Å². The number of fused-ring (bicyclic) bond motifs is 1. The SMILES string of the molecule is C/C=C\C(C)c1nc2ccn(CC(/C=C\C(C)c3ccc(OCCC=C(F)F)cc3C(F)(F)F)=C/CC)cc-2n1.C=C(F)CF.CC.CC. The summed E-state index contributed by atoms with van der Waals surface area (Å²) >= 11 is 0. The number of imidazole rings is 1. The van der Waals surface area contributed by atoms with Crippen molar-refractivity contribution in [2.45, 2.75) is 92.8 Å². The molecule has 2 unspecified atom stereocenters. The number of ether oxygens (including phenoxy) is 1. The van der Waals surface area contributed by atoms with Crippen LogP contribution in [-0.4, -0.2) is 27.8 Å². The first-order valence-corrected chi connectivity index (χ1v) is 16.4. The van der Waals surface area contributed by atoms with Crippen LogP contribution in [0.1, 0.15) is 97.0 Å². The number of allylic oxidation sites excluding steroid dienone is 7. The van der Waals surface area contributed by atoms with Crippen molar-refractivity contribution in [1.29, 1.82) is 0 Å². The first-order chi connectivity index (χ1) is 23.3. The number of aromatic nitrogens is 3. The Hall–Kier alpha value is -4.15. The van der Waals surface area contributed by atoms with E-state index in [0.717, 1.165) is 35.3 Å². The summed E-state index contributed by atoms with van der Waals surface area (Å²) in [7, 11) is 0. The minimum atomic E-state index is -4.60. The summed E-state index contributed by atoms with van der Waals surface area (Å²) in [6, 6.07) is 5.65. The van der Waals surface area contributed by atoms with Crippen LogP contribution < -0.4 is 4.74 Å². The highest BCUT2D eigenvalue weighted by atomic mass is 19.4. The molecule has 0 N–H and O–H groups in total. The third-order valence-electron chi connectivity index (χ3n) is 6.41. The summed E-state index contributed by atoms with van der Waals surface area (Å²) in [5, 5.41) is 0. The van der Waals surface area contributed by atoms with Gasteiger partial charge in [0.15, 0.2) is 0 Å². The normalized spacial score (nSPS) is 12.7. The largest absolute Gasteiger partial charge is 0.493 e. The number of pyridine rings is 1. The fourth-order valence-electron chi connectivity index (χ4n) is 4.29. The zero-order chi connectivity index (χ0) is 37.6. The Morgan fingerprint density at radius 3 is 2.14 bits per heavy atom. The fourth-order valence-corrected chi connectivity index (χ4v) is 4.29. The van der Waals surface area contributed by atoms with Crippen LogP contribution in [0.4, 0.5) is 30.7 Å². The molecule has 4 nitrogen and oxygen atoms in total. The summed E-state index contributed by atoms with van der Waals surface area (Å²) in [6.45, 7) is 17.6. The van der Waals surface area contributed by atoms with E-state index in [1.807, 2.05) is 95.8 Å². The van der Waals surface area contributed by atoms with Gasteiger partial charge in [0.25, 0.3) is 6.08 Å². The van der Waals surface area contributed by atoms with E-state index in [1.54, 1.807) is 13.0 Å². The zero-order valence-corrected chi connectivity index (χ0v) is 29.7. The highest BCUT2D eigenvalue weighted by Gasteiger charge is 2.34. The summed E-state index contributed by atoms with van der Waals surface area (Å²) in [4.78, 5) is 9.26. The Bertz CT molecular complexity index is 1470. The molecule has 0 fully saturated rings. The van der Waals surface area contributed by atoms with Gasteiger partial charge in [0.2, 0.25) is 0 Å². The van der Waals surface area contributed by atoms with Crippen molar-refractivity contribution in [3.05, 3.63) is 114 Å². The third kappa shape index (κ3) is 16.7. The number of alkyl halides is 4. The van der Waals surface area contributed by atoms with Gasteiger partial charge >= 0.3 is 6.18 Å². The maximum atomic E-state index is 13.9. The molecule has 1 aromatic rings. The molecule has 0 saturated heterocycles. The summed E-state index contributed by atoms with van der Waals surface area (Å²) in [5.74, 6) is -0.608. The van der Waals surface area contributed by atoms with E-state index >= 15 is 0 Å². The minimum Gasteiger partial charge on any atom is -0.493 e. The van der Waals surface area contributed by atoms with Gasteiger partial charge in [-0.2, -0.15) is 22.0 Å². The van der Waals surface area contributed by atoms with E-state index in [2.05, 4.69) is 16.5 Å². The lowest BCUT2D eigenvalue weighted by Gasteiger charge is -2.18. The van der Waals surface area contributed by atoms with Gasteiger partial charge in [-0.25, -0.2) is 18.7 Å². The highest BCUT2D eigenvalue weighted by molar-refractivity contribution is 5.55. The van der Waals surface area contributed by atoms with Crippen LogP contribution in [0.5, 0.6) is 5.75 Å². The number of benzene rings is 1. The number of halogens is 7. The molecular formula is C38H50F7N3O. The summed E-state index contributed by atoms with van der Waals surface area (Å²) in [6.07, 6.45) is 8.36. The van der Waals surface area contributed by atoms with Crippen LogP contribution in [0.3, 0.4) is 0 Å². The van der Waals surface area contributed by atoms with Crippen molar-refractivity contribution in [2.75, 3.05) is 13.3 Å². The molecule has 0 aliphatic carbocycles. The molecule has 11 heteroatoms. The van der Waals surface area contributed by atoms with Crippen LogP contribution in [0.15, 0.2) is 97.2 Å². The van der Waals surface area contributed by atoms with Gasteiger partial charge in [-0.3, -0.25) is 0 Å². The molecule has 1 aromatic carbocycles. The lowest BCUT2D eigenvalue weighted by atomic mass is 9.94. The van der Waals surface area contributed by atoms with Crippen LogP contribution in [0, 0.1) is 0 Å². The summed E-state index contributed by atoms with van der Waals surface area (Å²) in [5.41, 5.74) is 1.83. The number of hydrogen-bond acceptors (Lipinski definition) is 3. The van der Waals surface area contributed by atoms with Crippen LogP contribution in [-0.2, 0) is 12.7 Å². The van der Waals surface area contributed by atoms with Crippen molar-refractivity contribution in [3.8, 4) is 17.1 Å². The van der Waals surface area contributed by atoms with Gasteiger partial charge in [0.1, 0.15) is 29.8 Å². The number of rotatable bonds is 13. The molecule has 0 amide bonds. The van der Waals surface area contributed by atoms with Crippen molar-refractivity contribution in [2.24, 2.45) is 0 Å². The Morgan fingerprint density at radius 1 is 0.959 bits per heavy atom. The lowest BCUT2D eigenvalue weighted by molar-refractivity contribution is -0.138. The van der Waals surface area contributed by atoms with E-state index in [0.29, 0.717) is 12.6 Å². The molecule has 0 spiro atoms. The number of hydrogen-bond donors (Lipinski definition) is 0. The number of nitrogens with zero attached hydrogens (tertiary/aromatic N) is 3. The van der Waals surface area contributed by atoms with E-state index in [9.17, 15) is 30.7 Å². The zero-order valence-electron chi connectivity index (χ0n) is 29.7. The molecule has 2 aliphatic heterocycles. The Labute approximate surface area is 287 Å². The average Bonchev–Trinajstić information content (AvgIpc) is 3.51. The van der Waals surface area contributed by atoms with Gasteiger partial charge in [-0.05, 0) is 54.7 Å². The van der Waals surface area contributed by atoms with Crippen molar-refractivity contribution < 1.29 is 35.5 Å². The molecule has 272 valence electrons. The monoisotopic (exact) mass is 697 g/mol. The van der Waals surface area contributed by atoms with E-state index in [4.69, 9.17) is 4.74 Å². The average molecular weight is 698 g/mol. The maximum absolute atomic E-state index is 13.9. The maximum Gasteiger partial charge on any atom is 0.416 e. The molecule has 2 aliphatic rings. The Kier molecular flexibility index (Phi) is 22.0. The standard InChI is InChI=1S/C31H34F5N3O.C3H4F2.2C2H6/c1-5-8-22(4)30-37-27-15-16-39(20-28(27)38-30)19-23(9-6-2)12-11-21(3)25-14-13-24(18-26(25)31(34,35)36)40-17-7-10-29(32)33;1-3(5)2-4;2*1-2/h5,8-16,18,20-22H,6-7,17,19H2,1-4H3;1-2H2;2*1-2H3/b8-5-,12-11-,23-9+;;;. The van der Waals surface area contributed by atoms with E-state index in [1.165, 1.54) is 12.1 Å². The molecule has 0 bridgehead atoms. The summed E-state index contributed by atoms with van der Waals surface area (Å²) < 4.78 is 94.8. The molecule has 0 aromatic heterocycles. The molecule has 0 radical (unpaired) electrons. The third-order valence-corrected chi connectivity index (χ3v) is 6.41. The van der Waals surface area contributed by atoms with Crippen molar-refractivity contribution in [3.63, 3.8) is 0 Å². The van der Waals surface area contributed by atoms with Gasteiger partial charge in [-0.1, -0.05) is 91.5 Å². The molecule has 2 heterocycles.